The van der Waals surface area contributed by atoms with Gasteiger partial charge in [0.25, 0.3) is 0 Å². The molecule has 0 amide bonds. The first-order chi connectivity index (χ1) is 8.15. The molecule has 0 bridgehead atoms. The molecule has 2 rings (SSSR count). The van der Waals surface area contributed by atoms with Crippen LogP contribution in [0, 0.1) is 6.92 Å². The molecule has 17 heavy (non-hydrogen) atoms. The molecule has 0 aromatic heterocycles. The van der Waals surface area contributed by atoms with Crippen LogP contribution in [0.25, 0.3) is 10.8 Å². The second-order valence-corrected chi connectivity index (χ2v) is 5.24. The van der Waals surface area contributed by atoms with Crippen LogP contribution in [0.3, 0.4) is 0 Å². The maximum Gasteiger partial charge on any atom is 0.0773 e. The Morgan fingerprint density at radius 1 is 1.18 bits per heavy atom. The number of nitrogens with zero attached hydrogens (tertiary/aromatic N) is 1. The number of fused-ring (bicyclic) bond motifs is 1. The van der Waals surface area contributed by atoms with E-state index in [-0.39, 0.29) is 0 Å². The van der Waals surface area contributed by atoms with Crippen molar-refractivity contribution in [2.45, 2.75) is 6.92 Å². The van der Waals surface area contributed by atoms with Gasteiger partial charge in [-0.25, -0.2) is 0 Å². The molecule has 0 saturated heterocycles. The highest BCUT2D eigenvalue weighted by atomic mass is 127. The summed E-state index contributed by atoms with van der Waals surface area (Å²) in [6.07, 6.45) is 0. The van der Waals surface area contributed by atoms with Gasteiger partial charge in [0.15, 0.2) is 0 Å². The van der Waals surface area contributed by atoms with E-state index in [9.17, 15) is 0 Å². The van der Waals surface area contributed by atoms with E-state index in [0.29, 0.717) is 0 Å². The van der Waals surface area contributed by atoms with Gasteiger partial charge in [0.1, 0.15) is 0 Å². The van der Waals surface area contributed by atoms with Crippen molar-refractivity contribution >= 4 is 39.1 Å². The summed E-state index contributed by atoms with van der Waals surface area (Å²) in [7, 11) is 1.81. The van der Waals surface area contributed by atoms with Gasteiger partial charge in [-0.05, 0) is 45.9 Å². The maximum absolute atomic E-state index is 4.34. The van der Waals surface area contributed by atoms with Crippen LogP contribution >= 0.6 is 22.6 Å². The van der Waals surface area contributed by atoms with Gasteiger partial charge in [0, 0.05) is 16.2 Å². The average molecular weight is 335 g/mol. The molecule has 0 aliphatic heterocycles. The lowest BCUT2D eigenvalue weighted by Gasteiger charge is -2.11. The minimum absolute atomic E-state index is 0.975. The number of hydrogen-bond acceptors (Lipinski definition) is 1. The van der Waals surface area contributed by atoms with E-state index in [1.165, 1.54) is 21.9 Å². The second-order valence-electron chi connectivity index (χ2n) is 3.94. The molecule has 2 aromatic carbocycles. The molecular formula is C15H14IN. The molecule has 0 aliphatic carbocycles. The largest absolute Gasteiger partial charge is 0.287 e. The SMILES string of the molecule is C=C(I)/C(=N/C)c1ccc2ccccc2c1C. The van der Waals surface area contributed by atoms with Gasteiger partial charge in [0.05, 0.1) is 5.71 Å². The summed E-state index contributed by atoms with van der Waals surface area (Å²) in [4.78, 5) is 4.34. The van der Waals surface area contributed by atoms with Crippen molar-refractivity contribution in [3.63, 3.8) is 0 Å². The summed E-state index contributed by atoms with van der Waals surface area (Å²) in [6, 6.07) is 12.7. The van der Waals surface area contributed by atoms with Gasteiger partial charge < -0.3 is 0 Å². The van der Waals surface area contributed by atoms with Gasteiger partial charge >= 0.3 is 0 Å². The molecule has 0 atom stereocenters. The van der Waals surface area contributed by atoms with Crippen LogP contribution in [0.15, 0.2) is 51.5 Å². The van der Waals surface area contributed by atoms with E-state index >= 15 is 0 Å². The smallest absolute Gasteiger partial charge is 0.0773 e. The summed E-state index contributed by atoms with van der Waals surface area (Å²) in [5.74, 6) is 0. The third-order valence-corrected chi connectivity index (χ3v) is 3.44. The number of aryl methyl sites for hydroxylation is 1. The predicted octanol–water partition coefficient (Wildman–Crippen LogP) is 4.52. The first kappa shape index (κ1) is 12.3. The van der Waals surface area contributed by atoms with Crippen LogP contribution in [0.4, 0.5) is 0 Å². The van der Waals surface area contributed by atoms with Crippen molar-refractivity contribution < 1.29 is 0 Å². The highest BCUT2D eigenvalue weighted by Gasteiger charge is 2.10. The molecule has 2 heteroatoms. The number of rotatable bonds is 2. The molecule has 86 valence electrons. The molecule has 0 unspecified atom stereocenters. The zero-order valence-electron chi connectivity index (χ0n) is 10.00. The Kier molecular flexibility index (Phi) is 3.62. The third-order valence-electron chi connectivity index (χ3n) is 2.93. The fourth-order valence-electron chi connectivity index (χ4n) is 2.07. The highest BCUT2D eigenvalue weighted by Crippen LogP contribution is 2.25. The summed E-state index contributed by atoms with van der Waals surface area (Å²) >= 11 is 2.22. The van der Waals surface area contributed by atoms with Crippen molar-refractivity contribution in [2.24, 2.45) is 4.99 Å². The van der Waals surface area contributed by atoms with Gasteiger partial charge in [0.2, 0.25) is 0 Å². The van der Waals surface area contributed by atoms with Crippen molar-refractivity contribution in [2.75, 3.05) is 7.05 Å². The monoisotopic (exact) mass is 335 g/mol. The van der Waals surface area contributed by atoms with Crippen LogP contribution in [0.5, 0.6) is 0 Å². The van der Waals surface area contributed by atoms with Crippen LogP contribution in [-0.2, 0) is 0 Å². The van der Waals surface area contributed by atoms with Crippen molar-refractivity contribution in [3.8, 4) is 0 Å². The first-order valence-electron chi connectivity index (χ1n) is 5.45. The van der Waals surface area contributed by atoms with Gasteiger partial charge in [-0.3, -0.25) is 4.99 Å². The Balaban J connectivity index is 2.72. The van der Waals surface area contributed by atoms with Gasteiger partial charge in [-0.1, -0.05) is 43.0 Å². The molecule has 0 spiro atoms. The number of aliphatic imine (C=N–C) groups is 1. The Hall–Kier alpha value is -1.16. The maximum atomic E-state index is 4.34. The lowest BCUT2D eigenvalue weighted by molar-refractivity contribution is 1.41. The van der Waals surface area contributed by atoms with E-state index in [0.717, 1.165) is 9.29 Å². The summed E-state index contributed by atoms with van der Waals surface area (Å²) < 4.78 is 0.975. The zero-order chi connectivity index (χ0) is 12.4. The van der Waals surface area contributed by atoms with Crippen molar-refractivity contribution in [1.82, 2.24) is 0 Å². The predicted molar refractivity (Wildman–Crippen MR) is 84.3 cm³/mol. The average Bonchev–Trinajstić information content (AvgIpc) is 2.33. The van der Waals surface area contributed by atoms with Crippen molar-refractivity contribution in [3.05, 3.63) is 57.7 Å². The Morgan fingerprint density at radius 2 is 1.88 bits per heavy atom. The molecular weight excluding hydrogens is 321 g/mol. The summed E-state index contributed by atoms with van der Waals surface area (Å²) in [6.45, 7) is 6.12. The van der Waals surface area contributed by atoms with Gasteiger partial charge in [-0.2, -0.15) is 0 Å². The number of benzene rings is 2. The summed E-state index contributed by atoms with van der Waals surface area (Å²) in [5.41, 5.74) is 3.42. The second kappa shape index (κ2) is 5.00. The topological polar surface area (TPSA) is 12.4 Å². The van der Waals surface area contributed by atoms with Crippen LogP contribution < -0.4 is 0 Å². The molecule has 0 saturated carbocycles. The summed E-state index contributed by atoms with van der Waals surface area (Å²) in [5, 5.41) is 2.55. The zero-order valence-corrected chi connectivity index (χ0v) is 12.2. The molecule has 0 aliphatic rings. The van der Waals surface area contributed by atoms with E-state index in [2.05, 4.69) is 77.5 Å². The minimum atomic E-state index is 0.975. The molecule has 2 aromatic rings. The first-order valence-corrected chi connectivity index (χ1v) is 6.53. The molecule has 1 nitrogen and oxygen atoms in total. The highest BCUT2D eigenvalue weighted by molar-refractivity contribution is 14.1. The lowest BCUT2D eigenvalue weighted by atomic mass is 9.97. The Morgan fingerprint density at radius 3 is 2.53 bits per heavy atom. The number of hydrogen-bond donors (Lipinski definition) is 0. The van der Waals surface area contributed by atoms with Crippen molar-refractivity contribution in [1.29, 1.82) is 0 Å². The van der Waals surface area contributed by atoms with E-state index in [1.807, 2.05) is 7.05 Å². The molecule has 0 radical (unpaired) electrons. The molecule has 0 heterocycles. The quantitative estimate of drug-likeness (QED) is 0.565. The minimum Gasteiger partial charge on any atom is -0.287 e. The number of allylic oxidation sites excluding steroid dienone is 1. The number of halogens is 1. The fraction of sp³-hybridized carbons (Fsp3) is 0.133. The normalized spacial score (nSPS) is 11.8. The van der Waals surface area contributed by atoms with E-state index in [1.54, 1.807) is 0 Å². The van der Waals surface area contributed by atoms with Crippen LogP contribution in [0.1, 0.15) is 11.1 Å². The standard InChI is InChI=1S/C15H14IN/c1-10-13-7-5-4-6-12(13)8-9-14(10)15(17-3)11(2)16/h4-9H,2H2,1,3H3/b17-15-. The molecule has 0 N–H and O–H groups in total. The van der Waals surface area contributed by atoms with Crippen LogP contribution in [-0.4, -0.2) is 12.8 Å². The van der Waals surface area contributed by atoms with Crippen LogP contribution in [0.2, 0.25) is 0 Å². The third kappa shape index (κ3) is 2.27. The Bertz CT molecular complexity index is 611. The van der Waals surface area contributed by atoms with Gasteiger partial charge in [-0.15, -0.1) is 0 Å². The van der Waals surface area contributed by atoms with E-state index < -0.39 is 0 Å². The fourth-order valence-corrected chi connectivity index (χ4v) is 2.60. The Labute approximate surface area is 115 Å². The van der Waals surface area contributed by atoms with E-state index in [4.69, 9.17) is 0 Å². The molecule has 0 fully saturated rings. The lowest BCUT2D eigenvalue weighted by Crippen LogP contribution is -2.03.